The molecule has 0 radical (unpaired) electrons. The Morgan fingerprint density at radius 1 is 0.405 bits per heavy atom. The zero-order valence-corrected chi connectivity index (χ0v) is 22.6. The monoisotopic (exact) mass is 536 g/mol. The zero-order chi connectivity index (χ0) is 27.6. The number of hydrogen-bond acceptors (Lipinski definition) is 2. The van der Waals surface area contributed by atoms with Crippen molar-refractivity contribution in [2.75, 3.05) is 0 Å². The first-order chi connectivity index (χ1) is 20.9. The summed E-state index contributed by atoms with van der Waals surface area (Å²) in [4.78, 5) is 9.28. The van der Waals surface area contributed by atoms with Crippen LogP contribution in [0.3, 0.4) is 0 Å². The van der Waals surface area contributed by atoms with Gasteiger partial charge in [0.1, 0.15) is 5.82 Å². The lowest BCUT2D eigenvalue weighted by molar-refractivity contribution is 1.08. The first-order valence-corrected chi connectivity index (χ1v) is 14.2. The van der Waals surface area contributed by atoms with Crippen molar-refractivity contribution in [1.82, 2.24) is 19.1 Å². The van der Waals surface area contributed by atoms with Crippen molar-refractivity contribution in [1.29, 1.82) is 0 Å². The van der Waals surface area contributed by atoms with Crippen molar-refractivity contribution in [3.8, 4) is 22.6 Å². The van der Waals surface area contributed by atoms with E-state index in [0.717, 1.165) is 28.1 Å². The van der Waals surface area contributed by atoms with Gasteiger partial charge in [0, 0.05) is 67.7 Å². The smallest absolute Gasteiger partial charge is 0.137 e. The molecule has 0 atom stereocenters. The van der Waals surface area contributed by atoms with E-state index in [1.165, 1.54) is 48.9 Å². The summed E-state index contributed by atoms with van der Waals surface area (Å²) in [6.07, 6.45) is 5.62. The number of fused-ring (bicyclic) bond motifs is 9. The first kappa shape index (κ1) is 23.0. The molecule has 0 fully saturated rings. The molecule has 4 aromatic heterocycles. The van der Waals surface area contributed by atoms with Gasteiger partial charge in [-0.15, -0.1) is 0 Å². The Morgan fingerprint density at radius 3 is 1.60 bits per heavy atom. The topological polar surface area (TPSA) is 35.6 Å². The summed E-state index contributed by atoms with van der Waals surface area (Å²) < 4.78 is 4.73. The van der Waals surface area contributed by atoms with Crippen LogP contribution in [0.5, 0.6) is 0 Å². The van der Waals surface area contributed by atoms with Gasteiger partial charge in [0.15, 0.2) is 0 Å². The highest BCUT2D eigenvalue weighted by Crippen LogP contribution is 2.41. The van der Waals surface area contributed by atoms with Crippen LogP contribution >= 0.6 is 0 Å². The molecule has 0 bridgehead atoms. The molecular formula is C38H24N4. The largest absolute Gasteiger partial charge is 0.309 e. The van der Waals surface area contributed by atoms with Crippen LogP contribution in [-0.4, -0.2) is 19.1 Å². The summed E-state index contributed by atoms with van der Waals surface area (Å²) in [5.74, 6) is 0.894. The second kappa shape index (κ2) is 8.88. The molecule has 0 aliphatic heterocycles. The van der Waals surface area contributed by atoms with E-state index in [0.29, 0.717) is 0 Å². The van der Waals surface area contributed by atoms with Crippen molar-refractivity contribution >= 4 is 54.4 Å². The minimum atomic E-state index is 0.894. The third kappa shape index (κ3) is 3.23. The number of aromatic nitrogens is 4. The Kier molecular flexibility index (Phi) is 4.87. The van der Waals surface area contributed by atoms with E-state index in [1.54, 1.807) is 6.20 Å². The third-order valence-electron chi connectivity index (χ3n) is 8.45. The van der Waals surface area contributed by atoms with Gasteiger partial charge in [0.2, 0.25) is 0 Å². The Hall–Kier alpha value is -5.74. The van der Waals surface area contributed by atoms with Crippen molar-refractivity contribution in [3.63, 3.8) is 0 Å². The highest BCUT2D eigenvalue weighted by molar-refractivity contribution is 6.26. The van der Waals surface area contributed by atoms with Crippen LogP contribution in [0.2, 0.25) is 0 Å². The van der Waals surface area contributed by atoms with E-state index in [1.807, 2.05) is 18.5 Å². The summed E-state index contributed by atoms with van der Waals surface area (Å²) in [5.41, 5.74) is 8.00. The molecule has 5 aromatic carbocycles. The van der Waals surface area contributed by atoms with Gasteiger partial charge in [-0.3, -0.25) is 9.55 Å². The van der Waals surface area contributed by atoms with E-state index in [2.05, 4.69) is 135 Å². The van der Waals surface area contributed by atoms with Gasteiger partial charge < -0.3 is 4.57 Å². The Morgan fingerprint density at radius 2 is 0.976 bits per heavy atom. The molecule has 196 valence electrons. The molecule has 0 saturated heterocycles. The van der Waals surface area contributed by atoms with Crippen molar-refractivity contribution in [2.45, 2.75) is 0 Å². The molecule has 0 spiro atoms. The van der Waals surface area contributed by atoms with Crippen LogP contribution in [-0.2, 0) is 0 Å². The number of hydrogen-bond donors (Lipinski definition) is 0. The van der Waals surface area contributed by atoms with Gasteiger partial charge in [-0.25, -0.2) is 4.98 Å². The fraction of sp³-hybridized carbons (Fsp3) is 0. The van der Waals surface area contributed by atoms with Crippen LogP contribution in [0.4, 0.5) is 0 Å². The van der Waals surface area contributed by atoms with Gasteiger partial charge in [-0.2, -0.15) is 0 Å². The normalized spacial score (nSPS) is 11.8. The average Bonchev–Trinajstić information content (AvgIpc) is 3.59. The van der Waals surface area contributed by atoms with Gasteiger partial charge in [0.25, 0.3) is 0 Å². The quantitative estimate of drug-likeness (QED) is 0.225. The maximum absolute atomic E-state index is 5.00. The minimum Gasteiger partial charge on any atom is -0.309 e. The van der Waals surface area contributed by atoms with Crippen LogP contribution in [0.1, 0.15) is 0 Å². The predicted octanol–water partition coefficient (Wildman–Crippen LogP) is 9.49. The van der Waals surface area contributed by atoms with Crippen LogP contribution in [0.25, 0.3) is 77.0 Å². The summed E-state index contributed by atoms with van der Waals surface area (Å²) >= 11 is 0. The molecule has 0 saturated carbocycles. The minimum absolute atomic E-state index is 0.894. The van der Waals surface area contributed by atoms with Crippen molar-refractivity contribution < 1.29 is 0 Å². The number of para-hydroxylation sites is 3. The fourth-order valence-electron chi connectivity index (χ4n) is 6.63. The Labute approximate surface area is 241 Å². The van der Waals surface area contributed by atoms with Crippen LogP contribution in [0, 0.1) is 0 Å². The van der Waals surface area contributed by atoms with Crippen molar-refractivity contribution in [2.24, 2.45) is 0 Å². The van der Waals surface area contributed by atoms with Gasteiger partial charge in [-0.1, -0.05) is 84.9 Å². The zero-order valence-electron chi connectivity index (χ0n) is 22.6. The SMILES string of the molecule is c1ccc(-n2c3ccccc3c3ccc4c(ccc5c6ccccc6n(-c6ccc(-c7cccnc7)cn6)c54)c32)cc1. The number of nitrogens with zero attached hydrogens (tertiary/aromatic N) is 4. The van der Waals surface area contributed by atoms with E-state index in [9.17, 15) is 0 Å². The summed E-state index contributed by atoms with van der Waals surface area (Å²) in [5, 5.41) is 7.37. The van der Waals surface area contributed by atoms with E-state index < -0.39 is 0 Å². The number of pyridine rings is 2. The van der Waals surface area contributed by atoms with E-state index in [-0.39, 0.29) is 0 Å². The second-order valence-corrected chi connectivity index (χ2v) is 10.7. The first-order valence-electron chi connectivity index (χ1n) is 14.2. The standard InChI is InChI=1S/C38H24N4/c1-2-10-27(11-3-1)41-34-14-6-4-12-28(34)30-17-20-33-32(37(30)41)19-18-31-29-13-5-7-15-35(29)42(38(31)33)36-21-16-26(24-40-36)25-9-8-22-39-23-25/h1-24H. The summed E-state index contributed by atoms with van der Waals surface area (Å²) in [7, 11) is 0. The van der Waals surface area contributed by atoms with Crippen molar-refractivity contribution in [3.05, 3.63) is 146 Å². The highest BCUT2D eigenvalue weighted by Gasteiger charge is 2.20. The molecule has 0 unspecified atom stereocenters. The van der Waals surface area contributed by atoms with Crippen LogP contribution in [0.15, 0.2) is 146 Å². The molecule has 9 aromatic rings. The van der Waals surface area contributed by atoms with Gasteiger partial charge in [0.05, 0.1) is 22.1 Å². The molecule has 4 nitrogen and oxygen atoms in total. The van der Waals surface area contributed by atoms with E-state index in [4.69, 9.17) is 4.98 Å². The molecule has 0 aliphatic carbocycles. The third-order valence-corrected chi connectivity index (χ3v) is 8.45. The fourth-order valence-corrected chi connectivity index (χ4v) is 6.63. The Bertz CT molecular complexity index is 2430. The molecule has 0 N–H and O–H groups in total. The summed E-state index contributed by atoms with van der Waals surface area (Å²) in [6.45, 7) is 0. The molecular weight excluding hydrogens is 512 g/mol. The summed E-state index contributed by atoms with van der Waals surface area (Å²) in [6, 6.07) is 45.4. The highest BCUT2D eigenvalue weighted by atomic mass is 15.1. The molecule has 4 heteroatoms. The second-order valence-electron chi connectivity index (χ2n) is 10.7. The van der Waals surface area contributed by atoms with Gasteiger partial charge in [-0.05, 0) is 42.5 Å². The van der Waals surface area contributed by atoms with Gasteiger partial charge >= 0.3 is 0 Å². The average molecular weight is 537 g/mol. The molecule has 9 rings (SSSR count). The number of benzene rings is 5. The Balaban J connectivity index is 1.40. The lowest BCUT2D eigenvalue weighted by atomic mass is 10.0. The predicted molar refractivity (Wildman–Crippen MR) is 174 cm³/mol. The molecule has 42 heavy (non-hydrogen) atoms. The lowest BCUT2D eigenvalue weighted by Crippen LogP contribution is -1.98. The molecule has 4 heterocycles. The lowest BCUT2D eigenvalue weighted by Gasteiger charge is -2.12. The maximum atomic E-state index is 5.00. The molecule has 0 amide bonds. The molecule has 0 aliphatic rings. The maximum Gasteiger partial charge on any atom is 0.137 e. The van der Waals surface area contributed by atoms with E-state index >= 15 is 0 Å². The van der Waals surface area contributed by atoms with Crippen LogP contribution < -0.4 is 0 Å². The number of rotatable bonds is 3.